The van der Waals surface area contributed by atoms with Crippen molar-refractivity contribution in [3.05, 3.63) is 29.7 Å². The summed E-state index contributed by atoms with van der Waals surface area (Å²) in [7, 11) is 1.53. The molecule has 0 fully saturated rings. The summed E-state index contributed by atoms with van der Waals surface area (Å²) in [5.74, 6) is 0.103. The van der Waals surface area contributed by atoms with Gasteiger partial charge in [0.2, 0.25) is 5.88 Å². The van der Waals surface area contributed by atoms with E-state index in [-0.39, 0.29) is 11.6 Å². The lowest BCUT2D eigenvalue weighted by Gasteiger charge is -2.04. The van der Waals surface area contributed by atoms with Crippen molar-refractivity contribution in [1.29, 1.82) is 0 Å². The van der Waals surface area contributed by atoms with Gasteiger partial charge < -0.3 is 15.8 Å². The number of methoxy groups -OCH3 is 1. The summed E-state index contributed by atoms with van der Waals surface area (Å²) in [5, 5.41) is 9.31. The van der Waals surface area contributed by atoms with Crippen LogP contribution in [-0.4, -0.2) is 28.2 Å². The number of nitrogen functional groups attached to an aromatic ring is 1. The highest BCUT2D eigenvalue weighted by molar-refractivity contribution is 6.06. The molecule has 0 radical (unpaired) electrons. The molecule has 19 heavy (non-hydrogen) atoms. The van der Waals surface area contributed by atoms with Gasteiger partial charge in [0.1, 0.15) is 0 Å². The average Bonchev–Trinajstić information content (AvgIpc) is 2.80. The normalized spacial score (nSPS) is 10.2. The average molecular weight is 261 g/mol. The second-order valence-electron chi connectivity index (χ2n) is 3.86. The zero-order chi connectivity index (χ0) is 13.8. The monoisotopic (exact) mass is 261 g/mol. The summed E-state index contributed by atoms with van der Waals surface area (Å²) in [6, 6.07) is 3.34. The molecule has 100 valence electrons. The van der Waals surface area contributed by atoms with Crippen LogP contribution in [0.3, 0.4) is 0 Å². The maximum Gasteiger partial charge on any atom is 0.278 e. The van der Waals surface area contributed by atoms with Gasteiger partial charge in [-0.1, -0.05) is 6.92 Å². The standard InChI is InChI=1S/C12H15N5O2/c1-3-8-10(13)11(17-16-8)12(18)15-7-4-5-9(19-2)14-6-7/h4-6H,3,13H2,1-2H3,(H,15,18)(H,16,17). The van der Waals surface area contributed by atoms with Gasteiger partial charge in [0.15, 0.2) is 5.69 Å². The molecule has 2 aromatic heterocycles. The molecule has 7 heteroatoms. The number of anilines is 2. The molecule has 0 aromatic carbocycles. The number of aryl methyl sites for hydroxylation is 1. The number of H-pyrrole nitrogens is 1. The third-order valence-electron chi connectivity index (χ3n) is 2.65. The van der Waals surface area contributed by atoms with E-state index < -0.39 is 0 Å². The molecule has 2 aromatic rings. The number of ether oxygens (including phenoxy) is 1. The van der Waals surface area contributed by atoms with E-state index in [1.54, 1.807) is 12.1 Å². The second-order valence-corrected chi connectivity index (χ2v) is 3.86. The first-order chi connectivity index (χ1) is 9.15. The van der Waals surface area contributed by atoms with Crippen LogP contribution in [-0.2, 0) is 6.42 Å². The zero-order valence-corrected chi connectivity index (χ0v) is 10.7. The first kappa shape index (κ1) is 12.9. The summed E-state index contributed by atoms with van der Waals surface area (Å²) < 4.78 is 4.93. The highest BCUT2D eigenvalue weighted by Gasteiger charge is 2.16. The predicted octanol–water partition coefficient (Wildman–Crippen LogP) is 1.21. The summed E-state index contributed by atoms with van der Waals surface area (Å²) >= 11 is 0. The third-order valence-corrected chi connectivity index (χ3v) is 2.65. The van der Waals surface area contributed by atoms with Crippen molar-refractivity contribution in [3.63, 3.8) is 0 Å². The number of nitrogens with zero attached hydrogens (tertiary/aromatic N) is 2. The van der Waals surface area contributed by atoms with E-state index in [2.05, 4.69) is 20.5 Å². The molecule has 0 aliphatic rings. The van der Waals surface area contributed by atoms with Crippen molar-refractivity contribution in [1.82, 2.24) is 15.2 Å². The maximum absolute atomic E-state index is 12.0. The predicted molar refractivity (Wildman–Crippen MR) is 71.1 cm³/mol. The number of nitrogens with two attached hydrogens (primary N) is 1. The van der Waals surface area contributed by atoms with Crippen LogP contribution >= 0.6 is 0 Å². The molecule has 0 saturated carbocycles. The molecule has 0 bridgehead atoms. The quantitative estimate of drug-likeness (QED) is 0.767. The topological polar surface area (TPSA) is 106 Å². The zero-order valence-electron chi connectivity index (χ0n) is 10.7. The Morgan fingerprint density at radius 2 is 2.32 bits per heavy atom. The Hall–Kier alpha value is -2.57. The van der Waals surface area contributed by atoms with Crippen molar-refractivity contribution in [2.24, 2.45) is 0 Å². The van der Waals surface area contributed by atoms with Gasteiger partial charge in [-0.05, 0) is 12.5 Å². The molecule has 1 amide bonds. The fraction of sp³-hybridized carbons (Fsp3) is 0.250. The Bertz CT molecular complexity index is 576. The van der Waals surface area contributed by atoms with Crippen molar-refractivity contribution in [2.75, 3.05) is 18.2 Å². The van der Waals surface area contributed by atoms with Crippen molar-refractivity contribution >= 4 is 17.3 Å². The lowest BCUT2D eigenvalue weighted by Crippen LogP contribution is -2.14. The van der Waals surface area contributed by atoms with Crippen LogP contribution in [0, 0.1) is 0 Å². The smallest absolute Gasteiger partial charge is 0.278 e. The molecular formula is C12H15N5O2. The highest BCUT2D eigenvalue weighted by Crippen LogP contribution is 2.17. The van der Waals surface area contributed by atoms with E-state index in [0.717, 1.165) is 5.69 Å². The molecule has 0 unspecified atom stereocenters. The molecule has 2 heterocycles. The van der Waals surface area contributed by atoms with Crippen molar-refractivity contribution in [3.8, 4) is 5.88 Å². The maximum atomic E-state index is 12.0. The first-order valence-electron chi connectivity index (χ1n) is 5.79. The Morgan fingerprint density at radius 1 is 1.53 bits per heavy atom. The summed E-state index contributed by atoms with van der Waals surface area (Å²) in [4.78, 5) is 16.0. The van der Waals surface area contributed by atoms with E-state index in [9.17, 15) is 4.79 Å². The van der Waals surface area contributed by atoms with Crippen LogP contribution in [0.15, 0.2) is 18.3 Å². The third kappa shape index (κ3) is 2.65. The molecule has 0 spiro atoms. The lowest BCUT2D eigenvalue weighted by atomic mass is 10.2. The number of pyridine rings is 1. The van der Waals surface area contributed by atoms with Gasteiger partial charge in [-0.25, -0.2) is 4.98 Å². The second kappa shape index (κ2) is 5.38. The van der Waals surface area contributed by atoms with Crippen molar-refractivity contribution < 1.29 is 9.53 Å². The highest BCUT2D eigenvalue weighted by atomic mass is 16.5. The molecule has 0 atom stereocenters. The van der Waals surface area contributed by atoms with E-state index in [0.29, 0.717) is 23.7 Å². The van der Waals surface area contributed by atoms with Crippen LogP contribution in [0.25, 0.3) is 0 Å². The Kier molecular flexibility index (Phi) is 3.65. The Morgan fingerprint density at radius 3 is 2.84 bits per heavy atom. The van der Waals surface area contributed by atoms with Gasteiger partial charge >= 0.3 is 0 Å². The van der Waals surface area contributed by atoms with E-state index in [4.69, 9.17) is 10.5 Å². The number of nitrogens with one attached hydrogen (secondary N) is 2. The van der Waals surface area contributed by atoms with Crippen LogP contribution in [0.4, 0.5) is 11.4 Å². The minimum atomic E-state index is -0.375. The summed E-state index contributed by atoms with van der Waals surface area (Å²) in [5.41, 5.74) is 7.68. The molecular weight excluding hydrogens is 246 g/mol. The van der Waals surface area contributed by atoms with Gasteiger partial charge in [-0.2, -0.15) is 5.10 Å². The van der Waals surface area contributed by atoms with Crippen LogP contribution in [0.1, 0.15) is 23.1 Å². The number of aromatic nitrogens is 3. The molecule has 0 aliphatic heterocycles. The SMILES string of the molecule is CCc1[nH]nc(C(=O)Nc2ccc(OC)nc2)c1N. The van der Waals surface area contributed by atoms with Crippen LogP contribution in [0.2, 0.25) is 0 Å². The largest absolute Gasteiger partial charge is 0.481 e. The minimum Gasteiger partial charge on any atom is -0.481 e. The van der Waals surface area contributed by atoms with Crippen molar-refractivity contribution in [2.45, 2.75) is 13.3 Å². The number of hydrogen-bond acceptors (Lipinski definition) is 5. The number of aromatic amines is 1. The molecule has 0 saturated heterocycles. The lowest BCUT2D eigenvalue weighted by molar-refractivity contribution is 0.102. The van der Waals surface area contributed by atoms with Gasteiger partial charge in [-0.15, -0.1) is 0 Å². The summed E-state index contributed by atoms with van der Waals surface area (Å²) in [6.07, 6.45) is 2.19. The number of amides is 1. The Balaban J connectivity index is 2.13. The molecule has 4 N–H and O–H groups in total. The fourth-order valence-corrected chi connectivity index (χ4v) is 1.59. The Labute approximate surface area is 110 Å². The van der Waals surface area contributed by atoms with E-state index in [1.807, 2.05) is 6.92 Å². The van der Waals surface area contributed by atoms with E-state index >= 15 is 0 Å². The molecule has 7 nitrogen and oxygen atoms in total. The van der Waals surface area contributed by atoms with Gasteiger partial charge in [-0.3, -0.25) is 9.89 Å². The minimum absolute atomic E-state index is 0.188. The molecule has 2 rings (SSSR count). The van der Waals surface area contributed by atoms with Gasteiger partial charge in [0, 0.05) is 6.07 Å². The van der Waals surface area contributed by atoms with E-state index in [1.165, 1.54) is 13.3 Å². The fourth-order valence-electron chi connectivity index (χ4n) is 1.59. The van der Waals surface area contributed by atoms with Crippen LogP contribution < -0.4 is 15.8 Å². The molecule has 0 aliphatic carbocycles. The number of hydrogen-bond donors (Lipinski definition) is 3. The van der Waals surface area contributed by atoms with Gasteiger partial charge in [0.05, 0.1) is 30.4 Å². The first-order valence-corrected chi connectivity index (χ1v) is 5.79. The summed E-state index contributed by atoms with van der Waals surface area (Å²) in [6.45, 7) is 1.93. The number of carbonyl (C=O) groups excluding carboxylic acids is 1. The number of carbonyl (C=O) groups is 1. The number of rotatable bonds is 4. The van der Waals surface area contributed by atoms with Gasteiger partial charge in [0.25, 0.3) is 5.91 Å². The van der Waals surface area contributed by atoms with Crippen LogP contribution in [0.5, 0.6) is 5.88 Å².